The average Bonchev–Trinajstić information content (AvgIpc) is 2.29. The van der Waals surface area contributed by atoms with Crippen LogP contribution in [0, 0.1) is 0 Å². The summed E-state index contributed by atoms with van der Waals surface area (Å²) < 4.78 is 5.10. The van der Waals surface area contributed by atoms with Crippen LogP contribution in [0.1, 0.15) is 64.7 Å². The summed E-state index contributed by atoms with van der Waals surface area (Å²) >= 11 is 0. The normalized spacial score (nSPS) is 10.4. The van der Waals surface area contributed by atoms with Crippen molar-refractivity contribution in [3.8, 4) is 0 Å². The first-order valence-electron chi connectivity index (χ1n) is 6.57. The van der Waals surface area contributed by atoms with Gasteiger partial charge in [-0.1, -0.05) is 32.6 Å². The largest absolute Gasteiger partial charge is 0.466 e. The lowest BCUT2D eigenvalue weighted by atomic mass is 10.1. The van der Waals surface area contributed by atoms with Crippen LogP contribution in [-0.2, 0) is 9.53 Å². The van der Waals surface area contributed by atoms with Crippen molar-refractivity contribution in [2.24, 2.45) is 0 Å². The topological polar surface area (TPSA) is 46.5 Å². The molecule has 0 aliphatic rings. The summed E-state index contributed by atoms with van der Waals surface area (Å²) in [5, 5.41) is 8.57. The minimum atomic E-state index is -0.0572. The number of rotatable bonds is 11. The Morgan fingerprint density at radius 1 is 1.00 bits per heavy atom. The molecule has 96 valence electrons. The number of hydrogen-bond acceptors (Lipinski definition) is 3. The fourth-order valence-electron chi connectivity index (χ4n) is 1.52. The fourth-order valence-corrected chi connectivity index (χ4v) is 1.52. The van der Waals surface area contributed by atoms with Gasteiger partial charge in [0.15, 0.2) is 0 Å². The van der Waals surface area contributed by atoms with E-state index in [-0.39, 0.29) is 12.6 Å². The van der Waals surface area contributed by atoms with Gasteiger partial charge in [0.2, 0.25) is 0 Å². The van der Waals surface area contributed by atoms with Crippen molar-refractivity contribution in [1.82, 2.24) is 0 Å². The van der Waals surface area contributed by atoms with Crippen LogP contribution in [0.25, 0.3) is 0 Å². The molecule has 0 bridgehead atoms. The molecule has 0 aliphatic carbocycles. The maximum Gasteiger partial charge on any atom is 0.305 e. The molecule has 0 aromatic carbocycles. The molecule has 0 aliphatic heterocycles. The van der Waals surface area contributed by atoms with E-state index in [1.807, 2.05) is 0 Å². The average molecular weight is 230 g/mol. The molecule has 0 saturated carbocycles. The van der Waals surface area contributed by atoms with Gasteiger partial charge in [0.25, 0.3) is 0 Å². The van der Waals surface area contributed by atoms with Crippen LogP contribution in [-0.4, -0.2) is 24.3 Å². The highest BCUT2D eigenvalue weighted by atomic mass is 16.5. The summed E-state index contributed by atoms with van der Waals surface area (Å²) in [5.41, 5.74) is 0. The van der Waals surface area contributed by atoms with Gasteiger partial charge in [0.1, 0.15) is 0 Å². The van der Waals surface area contributed by atoms with Gasteiger partial charge in [0.05, 0.1) is 6.61 Å². The summed E-state index contributed by atoms with van der Waals surface area (Å²) in [6.45, 7) is 2.96. The quantitative estimate of drug-likeness (QED) is 0.438. The third-order valence-corrected chi connectivity index (χ3v) is 2.55. The molecule has 0 aromatic heterocycles. The molecular weight excluding hydrogens is 204 g/mol. The van der Waals surface area contributed by atoms with E-state index in [0.29, 0.717) is 13.0 Å². The summed E-state index contributed by atoms with van der Waals surface area (Å²) in [7, 11) is 0. The highest BCUT2D eigenvalue weighted by Gasteiger charge is 2.01. The molecule has 0 atom stereocenters. The first kappa shape index (κ1) is 15.4. The van der Waals surface area contributed by atoms with Gasteiger partial charge in [-0.2, -0.15) is 0 Å². The predicted octanol–water partition coefficient (Wildman–Crippen LogP) is 3.05. The fraction of sp³-hybridized carbons (Fsp3) is 0.923. The van der Waals surface area contributed by atoms with Crippen molar-refractivity contribution in [1.29, 1.82) is 0 Å². The zero-order valence-corrected chi connectivity index (χ0v) is 10.5. The standard InChI is InChI=1S/C13H26O3/c1-2-3-4-7-10-13(15)16-12-9-6-5-8-11-14/h14H,2-12H2,1H3. The summed E-state index contributed by atoms with van der Waals surface area (Å²) in [6, 6.07) is 0. The Morgan fingerprint density at radius 3 is 2.38 bits per heavy atom. The maximum atomic E-state index is 11.2. The molecule has 3 heteroatoms. The zero-order valence-electron chi connectivity index (χ0n) is 10.5. The summed E-state index contributed by atoms with van der Waals surface area (Å²) in [4.78, 5) is 11.2. The van der Waals surface area contributed by atoms with Gasteiger partial charge < -0.3 is 9.84 Å². The van der Waals surface area contributed by atoms with Crippen molar-refractivity contribution < 1.29 is 14.6 Å². The van der Waals surface area contributed by atoms with Gasteiger partial charge in [-0.15, -0.1) is 0 Å². The molecule has 0 amide bonds. The van der Waals surface area contributed by atoms with Crippen LogP contribution in [0.5, 0.6) is 0 Å². The zero-order chi connectivity index (χ0) is 12.1. The minimum Gasteiger partial charge on any atom is -0.466 e. The van der Waals surface area contributed by atoms with Crippen LogP contribution in [0.2, 0.25) is 0 Å². The molecule has 16 heavy (non-hydrogen) atoms. The molecule has 0 saturated heterocycles. The van der Waals surface area contributed by atoms with Crippen LogP contribution in [0.15, 0.2) is 0 Å². The van der Waals surface area contributed by atoms with E-state index in [1.54, 1.807) is 0 Å². The van der Waals surface area contributed by atoms with E-state index >= 15 is 0 Å². The van der Waals surface area contributed by atoms with Gasteiger partial charge in [-0.3, -0.25) is 4.79 Å². The highest BCUT2D eigenvalue weighted by molar-refractivity contribution is 5.69. The van der Waals surface area contributed by atoms with Crippen molar-refractivity contribution >= 4 is 5.97 Å². The molecule has 0 rings (SSSR count). The van der Waals surface area contributed by atoms with E-state index in [2.05, 4.69) is 6.92 Å². The second-order valence-corrected chi connectivity index (χ2v) is 4.17. The molecular formula is C13H26O3. The van der Waals surface area contributed by atoms with Crippen molar-refractivity contribution in [3.63, 3.8) is 0 Å². The second kappa shape index (κ2) is 12.5. The number of aliphatic hydroxyl groups is 1. The second-order valence-electron chi connectivity index (χ2n) is 4.17. The van der Waals surface area contributed by atoms with Crippen LogP contribution in [0.4, 0.5) is 0 Å². The molecule has 0 unspecified atom stereocenters. The summed E-state index contributed by atoms with van der Waals surface area (Å²) in [5.74, 6) is -0.0572. The molecule has 3 nitrogen and oxygen atoms in total. The Labute approximate surface area is 99.2 Å². The van der Waals surface area contributed by atoms with Crippen molar-refractivity contribution in [2.75, 3.05) is 13.2 Å². The van der Waals surface area contributed by atoms with E-state index in [4.69, 9.17) is 9.84 Å². The lowest BCUT2D eigenvalue weighted by molar-refractivity contribution is -0.143. The molecule has 0 spiro atoms. The lowest BCUT2D eigenvalue weighted by Gasteiger charge is -2.04. The van der Waals surface area contributed by atoms with Gasteiger partial charge in [-0.25, -0.2) is 0 Å². The number of unbranched alkanes of at least 4 members (excludes halogenated alkanes) is 6. The Kier molecular flexibility index (Phi) is 12.1. The van der Waals surface area contributed by atoms with Crippen LogP contribution < -0.4 is 0 Å². The van der Waals surface area contributed by atoms with Crippen LogP contribution in [0.3, 0.4) is 0 Å². The monoisotopic (exact) mass is 230 g/mol. The number of carbonyl (C=O) groups is 1. The smallest absolute Gasteiger partial charge is 0.305 e. The highest BCUT2D eigenvalue weighted by Crippen LogP contribution is 2.04. The Bertz CT molecular complexity index is 157. The number of hydrogen-bond donors (Lipinski definition) is 1. The lowest BCUT2D eigenvalue weighted by Crippen LogP contribution is -2.05. The van der Waals surface area contributed by atoms with E-state index in [1.165, 1.54) is 12.8 Å². The Balaban J connectivity index is 3.11. The Morgan fingerprint density at radius 2 is 1.69 bits per heavy atom. The number of ether oxygens (including phenoxy) is 1. The minimum absolute atomic E-state index is 0.0572. The predicted molar refractivity (Wildman–Crippen MR) is 65.3 cm³/mol. The van der Waals surface area contributed by atoms with Crippen molar-refractivity contribution in [2.45, 2.75) is 64.7 Å². The van der Waals surface area contributed by atoms with Gasteiger partial charge >= 0.3 is 5.97 Å². The van der Waals surface area contributed by atoms with Gasteiger partial charge in [0, 0.05) is 13.0 Å². The number of carbonyl (C=O) groups excluding carboxylic acids is 1. The molecule has 0 fully saturated rings. The third-order valence-electron chi connectivity index (χ3n) is 2.55. The first-order valence-corrected chi connectivity index (χ1v) is 6.57. The van der Waals surface area contributed by atoms with E-state index in [0.717, 1.165) is 38.5 Å². The number of aliphatic hydroxyl groups excluding tert-OH is 1. The molecule has 0 aromatic rings. The SMILES string of the molecule is CCCCCCC(=O)OCCCCCCO. The third kappa shape index (κ3) is 11.5. The molecule has 1 N–H and O–H groups in total. The van der Waals surface area contributed by atoms with Gasteiger partial charge in [-0.05, 0) is 25.7 Å². The van der Waals surface area contributed by atoms with Crippen LogP contribution >= 0.6 is 0 Å². The van der Waals surface area contributed by atoms with E-state index in [9.17, 15) is 4.79 Å². The Hall–Kier alpha value is -0.570. The van der Waals surface area contributed by atoms with E-state index < -0.39 is 0 Å². The number of esters is 1. The summed E-state index contributed by atoms with van der Waals surface area (Å²) in [6.07, 6.45) is 8.87. The first-order chi connectivity index (χ1) is 7.81. The maximum absolute atomic E-state index is 11.2. The van der Waals surface area contributed by atoms with Crippen molar-refractivity contribution in [3.05, 3.63) is 0 Å². The molecule has 0 heterocycles. The molecule has 0 radical (unpaired) electrons.